The highest BCUT2D eigenvalue weighted by molar-refractivity contribution is 6.07. The molecule has 1 aromatic heterocycles. The van der Waals surface area contributed by atoms with Gasteiger partial charge < -0.3 is 25.6 Å². The van der Waals surface area contributed by atoms with Gasteiger partial charge in [0.2, 0.25) is 11.9 Å². The van der Waals surface area contributed by atoms with Gasteiger partial charge in [-0.3, -0.25) is 14.5 Å². The van der Waals surface area contributed by atoms with E-state index in [0.29, 0.717) is 37.9 Å². The summed E-state index contributed by atoms with van der Waals surface area (Å²) in [5, 5.41) is 2.80. The predicted molar refractivity (Wildman–Crippen MR) is 126 cm³/mol. The van der Waals surface area contributed by atoms with Crippen LogP contribution in [0.3, 0.4) is 0 Å². The zero-order chi connectivity index (χ0) is 23.2. The van der Waals surface area contributed by atoms with Crippen LogP contribution in [0.2, 0.25) is 0 Å². The van der Waals surface area contributed by atoms with Crippen molar-refractivity contribution in [1.29, 1.82) is 0 Å². The number of carbonyl (C=O) groups is 2. The molecule has 2 fully saturated rings. The summed E-state index contributed by atoms with van der Waals surface area (Å²) < 4.78 is 5.41. The lowest BCUT2D eigenvalue weighted by Crippen LogP contribution is -2.50. The van der Waals surface area contributed by atoms with E-state index in [1.165, 1.54) is 6.20 Å². The molecule has 3 N–H and O–H groups in total. The first kappa shape index (κ1) is 22.8. The second-order valence-electron chi connectivity index (χ2n) is 8.23. The lowest BCUT2D eigenvalue weighted by atomic mass is 10.2. The van der Waals surface area contributed by atoms with Gasteiger partial charge >= 0.3 is 0 Å². The number of piperazine rings is 1. The molecule has 176 valence electrons. The smallest absolute Gasteiger partial charge is 0.260 e. The molecule has 33 heavy (non-hydrogen) atoms. The molecule has 4 rings (SSSR count). The highest BCUT2D eigenvalue weighted by Gasteiger charge is 2.25. The Hall–Kier alpha value is -3.40. The first-order valence-electron chi connectivity index (χ1n) is 11.5. The minimum Gasteiger partial charge on any atom is -0.494 e. The summed E-state index contributed by atoms with van der Waals surface area (Å²) in [6.45, 7) is 7.62. The van der Waals surface area contributed by atoms with Gasteiger partial charge in [0, 0.05) is 51.2 Å². The standard InChI is InChI=1S/C23H31N7O3/c1-2-33-18-7-5-17(6-8-18)26-22(32)19-15-25-23(27-21(19)24)30-13-11-28(12-14-30)16-20(31)29-9-3-4-10-29/h5-8,15H,2-4,9-14,16H2,1H3,(H,26,32)(H2,24,25,27). The van der Waals surface area contributed by atoms with Crippen molar-refractivity contribution in [2.24, 2.45) is 0 Å². The van der Waals surface area contributed by atoms with Crippen molar-refractivity contribution in [1.82, 2.24) is 19.8 Å². The number of nitrogens with zero attached hydrogens (tertiary/aromatic N) is 5. The third-order valence-corrected chi connectivity index (χ3v) is 5.95. The largest absolute Gasteiger partial charge is 0.494 e. The first-order chi connectivity index (χ1) is 16.0. The summed E-state index contributed by atoms with van der Waals surface area (Å²) >= 11 is 0. The van der Waals surface area contributed by atoms with Gasteiger partial charge in [-0.15, -0.1) is 0 Å². The van der Waals surface area contributed by atoms with Gasteiger partial charge in [0.1, 0.15) is 17.1 Å². The monoisotopic (exact) mass is 453 g/mol. The Labute approximate surface area is 193 Å². The van der Waals surface area contributed by atoms with Crippen LogP contribution in [-0.4, -0.2) is 84.0 Å². The van der Waals surface area contributed by atoms with Crippen LogP contribution in [0, 0.1) is 0 Å². The molecule has 10 heteroatoms. The molecule has 2 amide bonds. The zero-order valence-corrected chi connectivity index (χ0v) is 19.0. The number of nitrogen functional groups attached to an aromatic ring is 1. The first-order valence-corrected chi connectivity index (χ1v) is 11.5. The third kappa shape index (κ3) is 5.70. The van der Waals surface area contributed by atoms with Crippen LogP contribution in [0.25, 0.3) is 0 Å². The van der Waals surface area contributed by atoms with Gasteiger partial charge in [-0.1, -0.05) is 0 Å². The second-order valence-corrected chi connectivity index (χ2v) is 8.23. The van der Waals surface area contributed by atoms with Crippen LogP contribution < -0.4 is 20.7 Å². The minimum atomic E-state index is -0.367. The van der Waals surface area contributed by atoms with Gasteiger partial charge in [0.15, 0.2) is 0 Å². The summed E-state index contributed by atoms with van der Waals surface area (Å²) in [5.41, 5.74) is 6.95. The molecule has 0 aliphatic carbocycles. The van der Waals surface area contributed by atoms with Crippen molar-refractivity contribution in [3.05, 3.63) is 36.0 Å². The Morgan fingerprint density at radius 1 is 1.06 bits per heavy atom. The van der Waals surface area contributed by atoms with Crippen LogP contribution in [0.1, 0.15) is 30.1 Å². The molecular formula is C23H31N7O3. The van der Waals surface area contributed by atoms with Crippen molar-refractivity contribution in [2.45, 2.75) is 19.8 Å². The van der Waals surface area contributed by atoms with Crippen LogP contribution >= 0.6 is 0 Å². The molecule has 0 saturated carbocycles. The average molecular weight is 454 g/mol. The Balaban J connectivity index is 1.31. The van der Waals surface area contributed by atoms with E-state index in [1.54, 1.807) is 24.3 Å². The molecule has 0 unspecified atom stereocenters. The molecule has 0 atom stereocenters. The lowest BCUT2D eigenvalue weighted by Gasteiger charge is -2.35. The number of aromatic nitrogens is 2. The number of carbonyl (C=O) groups excluding carboxylic acids is 2. The van der Waals surface area contributed by atoms with Crippen LogP contribution in [0.5, 0.6) is 5.75 Å². The summed E-state index contributed by atoms with van der Waals surface area (Å²) in [7, 11) is 0. The summed E-state index contributed by atoms with van der Waals surface area (Å²) in [6, 6.07) is 7.12. The fourth-order valence-electron chi connectivity index (χ4n) is 4.08. The van der Waals surface area contributed by atoms with Crippen molar-refractivity contribution >= 4 is 29.3 Å². The average Bonchev–Trinajstić information content (AvgIpc) is 3.36. The van der Waals surface area contributed by atoms with Crippen LogP contribution in [0.15, 0.2) is 30.5 Å². The molecule has 10 nitrogen and oxygen atoms in total. The van der Waals surface area contributed by atoms with Gasteiger partial charge in [0.25, 0.3) is 5.91 Å². The molecule has 2 aromatic rings. The van der Waals surface area contributed by atoms with Crippen molar-refractivity contribution in [3.8, 4) is 5.75 Å². The van der Waals surface area contributed by atoms with E-state index < -0.39 is 0 Å². The van der Waals surface area contributed by atoms with Gasteiger partial charge in [-0.05, 0) is 44.0 Å². The van der Waals surface area contributed by atoms with Crippen molar-refractivity contribution in [2.75, 3.05) is 68.4 Å². The summed E-state index contributed by atoms with van der Waals surface area (Å²) in [5.74, 6) is 1.21. The number of ether oxygens (including phenoxy) is 1. The highest BCUT2D eigenvalue weighted by Crippen LogP contribution is 2.19. The number of likely N-dealkylation sites (tertiary alicyclic amines) is 1. The fourth-order valence-corrected chi connectivity index (χ4v) is 4.08. The number of hydrogen-bond acceptors (Lipinski definition) is 8. The van der Waals surface area contributed by atoms with Crippen molar-refractivity contribution in [3.63, 3.8) is 0 Å². The van der Waals surface area contributed by atoms with E-state index in [2.05, 4.69) is 20.2 Å². The van der Waals surface area contributed by atoms with Gasteiger partial charge in [-0.25, -0.2) is 4.98 Å². The second kappa shape index (κ2) is 10.5. The summed E-state index contributed by atoms with van der Waals surface area (Å²) in [6.07, 6.45) is 3.67. The number of rotatable bonds is 7. The zero-order valence-electron chi connectivity index (χ0n) is 19.0. The van der Waals surface area contributed by atoms with Crippen molar-refractivity contribution < 1.29 is 14.3 Å². The number of nitrogens with two attached hydrogens (primary N) is 1. The number of amides is 2. The van der Waals surface area contributed by atoms with E-state index in [4.69, 9.17) is 10.5 Å². The normalized spacial score (nSPS) is 16.6. The number of hydrogen-bond donors (Lipinski definition) is 2. The molecule has 0 bridgehead atoms. The topological polar surface area (TPSA) is 117 Å². The molecule has 1 aromatic carbocycles. The van der Waals surface area contributed by atoms with Gasteiger partial charge in [-0.2, -0.15) is 4.98 Å². The number of anilines is 3. The third-order valence-electron chi connectivity index (χ3n) is 5.95. The molecule has 2 aliphatic heterocycles. The number of benzene rings is 1. The van der Waals surface area contributed by atoms with Gasteiger partial charge in [0.05, 0.1) is 13.2 Å². The number of nitrogens with one attached hydrogen (secondary N) is 1. The predicted octanol–water partition coefficient (Wildman–Crippen LogP) is 1.45. The molecular weight excluding hydrogens is 422 g/mol. The van der Waals surface area contributed by atoms with Crippen LogP contribution in [0.4, 0.5) is 17.5 Å². The van der Waals surface area contributed by atoms with E-state index in [0.717, 1.165) is 44.8 Å². The molecule has 2 aliphatic rings. The van der Waals surface area contributed by atoms with E-state index in [9.17, 15) is 9.59 Å². The lowest BCUT2D eigenvalue weighted by molar-refractivity contribution is -0.131. The quantitative estimate of drug-likeness (QED) is 0.647. The molecule has 2 saturated heterocycles. The minimum absolute atomic E-state index is 0.134. The molecule has 0 spiro atoms. The SMILES string of the molecule is CCOc1ccc(NC(=O)c2cnc(N3CCN(CC(=O)N4CCCC4)CC3)nc2N)cc1. The Morgan fingerprint density at radius 2 is 1.76 bits per heavy atom. The maximum atomic E-state index is 12.6. The van der Waals surface area contributed by atoms with E-state index in [1.807, 2.05) is 16.7 Å². The Kier molecular flexibility index (Phi) is 7.23. The van der Waals surface area contributed by atoms with Crippen LogP contribution in [-0.2, 0) is 4.79 Å². The van der Waals surface area contributed by atoms with E-state index >= 15 is 0 Å². The maximum absolute atomic E-state index is 12.6. The Bertz CT molecular complexity index is 969. The molecule has 0 radical (unpaired) electrons. The fraction of sp³-hybridized carbons (Fsp3) is 0.478. The Morgan fingerprint density at radius 3 is 2.39 bits per heavy atom. The highest BCUT2D eigenvalue weighted by atomic mass is 16.5. The van der Waals surface area contributed by atoms with E-state index in [-0.39, 0.29) is 23.2 Å². The maximum Gasteiger partial charge on any atom is 0.260 e. The summed E-state index contributed by atoms with van der Waals surface area (Å²) in [4.78, 5) is 39.9. The molecule has 3 heterocycles.